The van der Waals surface area contributed by atoms with Crippen molar-refractivity contribution in [2.24, 2.45) is 5.92 Å². The fraction of sp³-hybridized carbons (Fsp3) is 0.364. The van der Waals surface area contributed by atoms with E-state index in [4.69, 9.17) is 4.74 Å². The van der Waals surface area contributed by atoms with Gasteiger partial charge in [0.05, 0.1) is 12.5 Å². The molecule has 2 atom stereocenters. The third-order valence-corrected chi connectivity index (χ3v) is 5.62. The van der Waals surface area contributed by atoms with Crippen LogP contribution < -0.4 is 5.56 Å². The largest absolute Gasteiger partial charge is 0.466 e. The van der Waals surface area contributed by atoms with E-state index in [1.54, 1.807) is 43.3 Å². The van der Waals surface area contributed by atoms with Crippen LogP contribution in [0.2, 0.25) is 0 Å². The Morgan fingerprint density at radius 1 is 1.17 bits per heavy atom. The van der Waals surface area contributed by atoms with Gasteiger partial charge in [-0.2, -0.15) is 0 Å². The number of esters is 1. The van der Waals surface area contributed by atoms with Crippen LogP contribution in [0, 0.1) is 5.92 Å². The number of ether oxygens (including phenoxy) is 1. The van der Waals surface area contributed by atoms with Crippen LogP contribution >= 0.6 is 15.9 Å². The van der Waals surface area contributed by atoms with Gasteiger partial charge in [-0.25, -0.2) is 0 Å². The average Bonchev–Trinajstić information content (AvgIpc) is 2.76. The van der Waals surface area contributed by atoms with Crippen LogP contribution in [-0.4, -0.2) is 46.8 Å². The zero-order valence-corrected chi connectivity index (χ0v) is 18.2. The quantitative estimate of drug-likeness (QED) is 0.365. The molecule has 0 aliphatic carbocycles. The molecule has 0 bridgehead atoms. The van der Waals surface area contributed by atoms with Crippen LogP contribution in [0.25, 0.3) is 0 Å². The highest BCUT2D eigenvalue weighted by Gasteiger charge is 2.37. The van der Waals surface area contributed by atoms with Gasteiger partial charge in [-0.05, 0) is 38.0 Å². The fourth-order valence-electron chi connectivity index (χ4n) is 3.59. The molecular weight excluding hydrogens is 452 g/mol. The molecule has 1 aliphatic rings. The minimum atomic E-state index is -1.33. The van der Waals surface area contributed by atoms with Gasteiger partial charge in [0.1, 0.15) is 0 Å². The zero-order valence-electron chi connectivity index (χ0n) is 16.6. The Morgan fingerprint density at radius 2 is 1.90 bits per heavy atom. The Labute approximate surface area is 182 Å². The molecular formula is C22H23BrN2O5. The molecule has 3 rings (SSSR count). The predicted molar refractivity (Wildman–Crippen MR) is 114 cm³/mol. The molecule has 1 aromatic carbocycles. The molecule has 1 aliphatic heterocycles. The van der Waals surface area contributed by atoms with Gasteiger partial charge in [0.2, 0.25) is 0 Å². The first-order valence-electron chi connectivity index (χ1n) is 9.84. The summed E-state index contributed by atoms with van der Waals surface area (Å²) in [6.07, 6.45) is 2.69. The number of amides is 1. The molecule has 158 valence electrons. The van der Waals surface area contributed by atoms with E-state index < -0.39 is 29.2 Å². The molecule has 0 saturated carbocycles. The molecule has 8 heteroatoms. The summed E-state index contributed by atoms with van der Waals surface area (Å²) in [5, 5.41) is 0. The highest BCUT2D eigenvalue weighted by molar-refractivity contribution is 9.10. The van der Waals surface area contributed by atoms with Crippen LogP contribution in [0.5, 0.6) is 0 Å². The number of likely N-dealkylation sites (tertiary alicyclic amines) is 1. The molecule has 2 aromatic rings. The molecule has 7 nitrogen and oxygen atoms in total. The van der Waals surface area contributed by atoms with E-state index in [9.17, 15) is 19.2 Å². The van der Waals surface area contributed by atoms with Crippen molar-refractivity contribution in [3.63, 3.8) is 0 Å². The third-order valence-electron chi connectivity index (χ3n) is 5.09. The predicted octanol–water partition coefficient (Wildman–Crippen LogP) is 2.84. The van der Waals surface area contributed by atoms with Crippen molar-refractivity contribution >= 4 is 33.6 Å². The zero-order chi connectivity index (χ0) is 21.7. The highest BCUT2D eigenvalue weighted by Crippen LogP contribution is 2.23. The highest BCUT2D eigenvalue weighted by atomic mass is 79.9. The number of pyridine rings is 1. The number of carbonyl (C=O) groups is 3. The molecule has 1 fully saturated rings. The lowest BCUT2D eigenvalue weighted by molar-refractivity contribution is -0.151. The van der Waals surface area contributed by atoms with E-state index in [1.165, 1.54) is 17.2 Å². The monoisotopic (exact) mass is 474 g/mol. The lowest BCUT2D eigenvalue weighted by Crippen LogP contribution is -2.48. The van der Waals surface area contributed by atoms with Crippen molar-refractivity contribution < 1.29 is 19.1 Å². The number of piperidine rings is 1. The smallest absolute Gasteiger partial charge is 0.310 e. The number of benzene rings is 1. The van der Waals surface area contributed by atoms with Crippen molar-refractivity contribution in [2.75, 3.05) is 19.7 Å². The Morgan fingerprint density at radius 3 is 2.57 bits per heavy atom. The summed E-state index contributed by atoms with van der Waals surface area (Å²) in [4.78, 5) is 52.8. The normalized spacial score (nSPS) is 17.3. The Kier molecular flexibility index (Phi) is 7.20. The summed E-state index contributed by atoms with van der Waals surface area (Å²) in [7, 11) is 0. The molecule has 0 radical (unpaired) electrons. The maximum absolute atomic E-state index is 13.4. The van der Waals surface area contributed by atoms with Gasteiger partial charge in [-0.1, -0.05) is 34.1 Å². The van der Waals surface area contributed by atoms with Crippen LogP contribution in [0.4, 0.5) is 0 Å². The van der Waals surface area contributed by atoms with Crippen LogP contribution in [-0.2, 0) is 14.3 Å². The maximum atomic E-state index is 13.4. The van der Waals surface area contributed by atoms with Gasteiger partial charge in [0.15, 0.2) is 11.8 Å². The van der Waals surface area contributed by atoms with E-state index in [1.807, 2.05) is 0 Å². The van der Waals surface area contributed by atoms with Crippen LogP contribution in [0.15, 0.2) is 57.9 Å². The number of halogens is 1. The molecule has 2 heterocycles. The summed E-state index contributed by atoms with van der Waals surface area (Å²) >= 11 is 3.33. The molecule has 1 amide bonds. The molecule has 1 saturated heterocycles. The molecule has 0 N–H and O–H groups in total. The SMILES string of the molecule is CCOC(=O)C1CCCN(C(=O)C(C(=O)c2ccc(Br)cc2)n2ccccc2=O)C1. The van der Waals surface area contributed by atoms with E-state index >= 15 is 0 Å². The fourth-order valence-corrected chi connectivity index (χ4v) is 3.85. The van der Waals surface area contributed by atoms with E-state index in [2.05, 4.69) is 15.9 Å². The van der Waals surface area contributed by atoms with Crippen molar-refractivity contribution in [1.29, 1.82) is 0 Å². The van der Waals surface area contributed by atoms with Crippen molar-refractivity contribution in [3.8, 4) is 0 Å². The Bertz CT molecular complexity index is 986. The second-order valence-electron chi connectivity index (χ2n) is 7.10. The topological polar surface area (TPSA) is 85.7 Å². The summed E-state index contributed by atoms with van der Waals surface area (Å²) < 4.78 is 7.05. The second-order valence-corrected chi connectivity index (χ2v) is 8.01. The van der Waals surface area contributed by atoms with Gasteiger partial charge < -0.3 is 9.64 Å². The van der Waals surface area contributed by atoms with Crippen LogP contribution in [0.1, 0.15) is 36.2 Å². The molecule has 2 unspecified atom stereocenters. The van der Waals surface area contributed by atoms with Crippen molar-refractivity contribution in [1.82, 2.24) is 9.47 Å². The summed E-state index contributed by atoms with van der Waals surface area (Å²) in [6.45, 7) is 2.59. The minimum Gasteiger partial charge on any atom is -0.466 e. The van der Waals surface area contributed by atoms with Gasteiger partial charge >= 0.3 is 5.97 Å². The van der Waals surface area contributed by atoms with Crippen molar-refractivity contribution in [2.45, 2.75) is 25.8 Å². The number of aromatic nitrogens is 1. The van der Waals surface area contributed by atoms with Gasteiger partial charge in [0, 0.05) is 35.4 Å². The Balaban J connectivity index is 1.93. The number of hydrogen-bond donors (Lipinski definition) is 0. The number of carbonyl (C=O) groups excluding carboxylic acids is 3. The number of ketones is 1. The molecule has 0 spiro atoms. The van der Waals surface area contributed by atoms with E-state index in [0.717, 1.165) is 9.04 Å². The number of nitrogens with zero attached hydrogens (tertiary/aromatic N) is 2. The van der Waals surface area contributed by atoms with Gasteiger partial charge in [-0.3, -0.25) is 23.7 Å². The summed E-state index contributed by atoms with van der Waals surface area (Å²) in [5.41, 5.74) is -0.119. The molecule has 1 aromatic heterocycles. The van der Waals surface area contributed by atoms with Gasteiger partial charge in [-0.15, -0.1) is 0 Å². The number of Topliss-reactive ketones (excluding diaryl/α,β-unsaturated/α-hetero) is 1. The first kappa shape index (κ1) is 22.0. The first-order chi connectivity index (χ1) is 14.4. The lowest BCUT2D eigenvalue weighted by Gasteiger charge is -2.34. The second kappa shape index (κ2) is 9.84. The van der Waals surface area contributed by atoms with E-state index in [-0.39, 0.29) is 19.1 Å². The summed E-state index contributed by atoms with van der Waals surface area (Å²) in [5.74, 6) is -1.74. The first-order valence-corrected chi connectivity index (χ1v) is 10.6. The molecule has 30 heavy (non-hydrogen) atoms. The van der Waals surface area contributed by atoms with Crippen molar-refractivity contribution in [3.05, 3.63) is 69.1 Å². The number of rotatable bonds is 6. The maximum Gasteiger partial charge on any atom is 0.310 e. The summed E-state index contributed by atoms with van der Waals surface area (Å²) in [6, 6.07) is 9.78. The van der Waals surface area contributed by atoms with E-state index in [0.29, 0.717) is 24.9 Å². The number of hydrogen-bond acceptors (Lipinski definition) is 5. The lowest BCUT2D eigenvalue weighted by atomic mass is 9.96. The van der Waals surface area contributed by atoms with Crippen LogP contribution in [0.3, 0.4) is 0 Å². The Hall–Kier alpha value is -2.74. The minimum absolute atomic E-state index is 0.170. The standard InChI is InChI=1S/C22H23BrN2O5/c1-2-30-22(29)16-6-5-12-24(14-16)21(28)19(25-13-4-3-7-18(25)26)20(27)15-8-10-17(23)11-9-15/h3-4,7-11,13,16,19H,2,5-6,12,14H2,1H3. The third kappa shape index (κ3) is 4.87. The average molecular weight is 475 g/mol. The van der Waals surface area contributed by atoms with Gasteiger partial charge in [0.25, 0.3) is 11.5 Å².